The van der Waals surface area contributed by atoms with Gasteiger partial charge in [0, 0.05) is 6.42 Å². The van der Waals surface area contributed by atoms with E-state index in [1.54, 1.807) is 13.4 Å². The molecular formula is C7H13NO2. The highest BCUT2D eigenvalue weighted by atomic mass is 16.5. The quantitative estimate of drug-likeness (QED) is 0.592. The Morgan fingerprint density at radius 1 is 1.60 bits per heavy atom. The molecule has 0 aliphatic heterocycles. The summed E-state index contributed by atoms with van der Waals surface area (Å²) in [5.41, 5.74) is 5.96. The largest absolute Gasteiger partial charge is 0.504 e. The van der Waals surface area contributed by atoms with E-state index in [0.29, 0.717) is 12.8 Å². The summed E-state index contributed by atoms with van der Waals surface area (Å²) in [5.74, 6) is -0.274. The molecule has 0 aliphatic rings. The normalized spacial score (nSPS) is 11.2. The van der Waals surface area contributed by atoms with E-state index in [1.165, 1.54) is 0 Å². The molecule has 0 rings (SSSR count). The highest BCUT2D eigenvalue weighted by Gasteiger charge is 1.94. The molecule has 2 N–H and O–H groups in total. The maximum absolute atomic E-state index is 10.3. The van der Waals surface area contributed by atoms with Gasteiger partial charge in [0.2, 0.25) is 5.91 Å². The fourth-order valence-corrected chi connectivity index (χ4v) is 0.580. The number of allylic oxidation sites excluding steroid dienone is 1. The molecule has 0 bridgehead atoms. The lowest BCUT2D eigenvalue weighted by Gasteiger charge is -1.96. The van der Waals surface area contributed by atoms with Crippen molar-refractivity contribution in [3.8, 4) is 0 Å². The number of primary amides is 1. The second kappa shape index (κ2) is 4.85. The van der Waals surface area contributed by atoms with Gasteiger partial charge in [0.05, 0.1) is 13.4 Å². The number of hydrogen-bond donors (Lipinski definition) is 1. The Balaban J connectivity index is 3.48. The standard InChI is InChI=1S/C7H13NO2/c1-6(5-10-2)3-4-7(8)9/h5H,3-4H2,1-2H3,(H2,8,9)/b6-5+. The first-order chi connectivity index (χ1) is 4.66. The molecule has 0 heterocycles. The average molecular weight is 143 g/mol. The molecule has 0 radical (unpaired) electrons. The smallest absolute Gasteiger partial charge is 0.217 e. The summed E-state index contributed by atoms with van der Waals surface area (Å²) in [4.78, 5) is 10.3. The zero-order valence-corrected chi connectivity index (χ0v) is 6.39. The van der Waals surface area contributed by atoms with Gasteiger partial charge in [-0.2, -0.15) is 0 Å². The number of amides is 1. The van der Waals surface area contributed by atoms with E-state index in [-0.39, 0.29) is 5.91 Å². The lowest BCUT2D eigenvalue weighted by atomic mass is 10.2. The predicted molar refractivity (Wildman–Crippen MR) is 39.2 cm³/mol. The van der Waals surface area contributed by atoms with Crippen LogP contribution in [0.1, 0.15) is 19.8 Å². The average Bonchev–Trinajstić information content (AvgIpc) is 1.85. The molecule has 58 valence electrons. The summed E-state index contributed by atoms with van der Waals surface area (Å²) in [6, 6.07) is 0. The third-order valence-corrected chi connectivity index (χ3v) is 1.08. The van der Waals surface area contributed by atoms with Crippen molar-refractivity contribution in [1.29, 1.82) is 0 Å². The van der Waals surface area contributed by atoms with E-state index < -0.39 is 0 Å². The molecule has 0 spiro atoms. The van der Waals surface area contributed by atoms with Crippen molar-refractivity contribution < 1.29 is 9.53 Å². The molecule has 0 saturated heterocycles. The molecule has 3 heteroatoms. The van der Waals surface area contributed by atoms with Crippen LogP contribution >= 0.6 is 0 Å². The SMILES string of the molecule is CO/C=C(\C)CCC(N)=O. The summed E-state index contributed by atoms with van der Waals surface area (Å²) in [5, 5.41) is 0. The van der Waals surface area contributed by atoms with Crippen LogP contribution in [0.5, 0.6) is 0 Å². The van der Waals surface area contributed by atoms with Crippen LogP contribution in [0.3, 0.4) is 0 Å². The van der Waals surface area contributed by atoms with Crippen LogP contribution in [0.4, 0.5) is 0 Å². The first kappa shape index (κ1) is 9.01. The summed E-state index contributed by atoms with van der Waals surface area (Å²) >= 11 is 0. The molecule has 0 unspecified atom stereocenters. The van der Waals surface area contributed by atoms with Gasteiger partial charge in [-0.15, -0.1) is 0 Å². The lowest BCUT2D eigenvalue weighted by Crippen LogP contribution is -2.09. The molecule has 0 aromatic heterocycles. The second-order valence-corrected chi connectivity index (χ2v) is 2.17. The Morgan fingerprint density at radius 2 is 2.20 bits per heavy atom. The molecule has 0 saturated carbocycles. The summed E-state index contributed by atoms with van der Waals surface area (Å²) in [6.07, 6.45) is 2.69. The fraction of sp³-hybridized carbons (Fsp3) is 0.571. The van der Waals surface area contributed by atoms with Crippen molar-refractivity contribution in [2.75, 3.05) is 7.11 Å². The lowest BCUT2D eigenvalue weighted by molar-refractivity contribution is -0.117. The Hall–Kier alpha value is -0.990. The molecule has 0 aromatic rings. The number of carbonyl (C=O) groups excluding carboxylic acids is 1. The first-order valence-electron chi connectivity index (χ1n) is 3.13. The van der Waals surface area contributed by atoms with Gasteiger partial charge in [-0.05, 0) is 18.9 Å². The summed E-state index contributed by atoms with van der Waals surface area (Å²) in [7, 11) is 1.58. The number of hydrogen-bond acceptors (Lipinski definition) is 2. The van der Waals surface area contributed by atoms with Crippen LogP contribution in [0.15, 0.2) is 11.8 Å². The van der Waals surface area contributed by atoms with Gasteiger partial charge in [0.25, 0.3) is 0 Å². The highest BCUT2D eigenvalue weighted by molar-refractivity contribution is 5.73. The van der Waals surface area contributed by atoms with E-state index in [0.717, 1.165) is 5.57 Å². The van der Waals surface area contributed by atoms with Crippen molar-refractivity contribution in [3.05, 3.63) is 11.8 Å². The van der Waals surface area contributed by atoms with Crippen LogP contribution < -0.4 is 5.73 Å². The highest BCUT2D eigenvalue weighted by Crippen LogP contribution is 2.02. The van der Waals surface area contributed by atoms with Gasteiger partial charge < -0.3 is 10.5 Å². The third-order valence-electron chi connectivity index (χ3n) is 1.08. The van der Waals surface area contributed by atoms with Crippen molar-refractivity contribution in [2.45, 2.75) is 19.8 Å². The minimum Gasteiger partial charge on any atom is -0.504 e. The maximum Gasteiger partial charge on any atom is 0.217 e. The third kappa shape index (κ3) is 5.15. The molecule has 3 nitrogen and oxygen atoms in total. The fourth-order valence-electron chi connectivity index (χ4n) is 0.580. The number of carbonyl (C=O) groups is 1. The van der Waals surface area contributed by atoms with Crippen molar-refractivity contribution in [3.63, 3.8) is 0 Å². The summed E-state index contributed by atoms with van der Waals surface area (Å²) < 4.78 is 4.72. The van der Waals surface area contributed by atoms with E-state index in [2.05, 4.69) is 0 Å². The second-order valence-electron chi connectivity index (χ2n) is 2.17. The predicted octanol–water partition coefficient (Wildman–Crippen LogP) is 0.802. The van der Waals surface area contributed by atoms with Crippen molar-refractivity contribution >= 4 is 5.91 Å². The van der Waals surface area contributed by atoms with Gasteiger partial charge in [-0.25, -0.2) is 0 Å². The van der Waals surface area contributed by atoms with Gasteiger partial charge in [-0.1, -0.05) is 0 Å². The number of rotatable bonds is 4. The van der Waals surface area contributed by atoms with Crippen molar-refractivity contribution in [2.24, 2.45) is 5.73 Å². The van der Waals surface area contributed by atoms with Crippen LogP contribution in [0.2, 0.25) is 0 Å². The van der Waals surface area contributed by atoms with Crippen LogP contribution in [-0.4, -0.2) is 13.0 Å². The van der Waals surface area contributed by atoms with Gasteiger partial charge in [0.1, 0.15) is 0 Å². The van der Waals surface area contributed by atoms with Crippen LogP contribution in [0.25, 0.3) is 0 Å². The summed E-state index contributed by atoms with van der Waals surface area (Å²) in [6.45, 7) is 1.90. The number of ether oxygens (including phenoxy) is 1. The van der Waals surface area contributed by atoms with Crippen LogP contribution in [0, 0.1) is 0 Å². The topological polar surface area (TPSA) is 52.3 Å². The first-order valence-corrected chi connectivity index (χ1v) is 3.13. The Labute approximate surface area is 60.9 Å². The number of nitrogens with two attached hydrogens (primary N) is 1. The minimum atomic E-state index is -0.274. The Bertz CT molecular complexity index is 141. The monoisotopic (exact) mass is 143 g/mol. The van der Waals surface area contributed by atoms with Crippen LogP contribution in [-0.2, 0) is 9.53 Å². The molecule has 0 fully saturated rings. The zero-order chi connectivity index (χ0) is 7.98. The van der Waals surface area contributed by atoms with Gasteiger partial charge in [0.15, 0.2) is 0 Å². The van der Waals surface area contributed by atoms with E-state index in [9.17, 15) is 4.79 Å². The zero-order valence-electron chi connectivity index (χ0n) is 6.39. The minimum absolute atomic E-state index is 0.274. The molecule has 1 amide bonds. The molecule has 0 aromatic carbocycles. The molecule has 0 atom stereocenters. The van der Waals surface area contributed by atoms with E-state index in [1.807, 2.05) is 6.92 Å². The number of methoxy groups -OCH3 is 1. The molecule has 10 heavy (non-hydrogen) atoms. The van der Waals surface area contributed by atoms with E-state index in [4.69, 9.17) is 10.5 Å². The van der Waals surface area contributed by atoms with Gasteiger partial charge in [-0.3, -0.25) is 4.79 Å². The maximum atomic E-state index is 10.3. The van der Waals surface area contributed by atoms with Crippen molar-refractivity contribution in [1.82, 2.24) is 0 Å². The van der Waals surface area contributed by atoms with Gasteiger partial charge >= 0.3 is 0 Å². The molecule has 0 aliphatic carbocycles. The Kier molecular flexibility index (Phi) is 4.37. The Morgan fingerprint density at radius 3 is 2.60 bits per heavy atom. The molecular weight excluding hydrogens is 130 g/mol. The van der Waals surface area contributed by atoms with E-state index >= 15 is 0 Å².